The van der Waals surface area contributed by atoms with Crippen LogP contribution in [-0.2, 0) is 16.1 Å². The average Bonchev–Trinajstić information content (AvgIpc) is 3.14. The number of nitrogens with zero attached hydrogens (tertiary/aromatic N) is 2. The molecule has 2 heterocycles. The van der Waals surface area contributed by atoms with Crippen LogP contribution >= 0.6 is 0 Å². The summed E-state index contributed by atoms with van der Waals surface area (Å²) in [7, 11) is 0. The van der Waals surface area contributed by atoms with Crippen molar-refractivity contribution in [3.8, 4) is 0 Å². The predicted molar refractivity (Wildman–Crippen MR) is 98.6 cm³/mol. The van der Waals surface area contributed by atoms with Gasteiger partial charge in [0.15, 0.2) is 0 Å². The van der Waals surface area contributed by atoms with Crippen molar-refractivity contribution in [2.45, 2.75) is 36.3 Å². The van der Waals surface area contributed by atoms with E-state index in [1.807, 2.05) is 0 Å². The molecule has 0 aliphatic carbocycles. The molecule has 4 rings (SSSR count). The summed E-state index contributed by atoms with van der Waals surface area (Å²) in [6.07, 6.45) is -6.32. The number of hydrogen-bond donors (Lipinski definition) is 1. The maximum Gasteiger partial charge on any atom is 0.428 e. The fourth-order valence-corrected chi connectivity index (χ4v) is 3.37. The molecule has 3 aromatic rings. The van der Waals surface area contributed by atoms with Crippen molar-refractivity contribution >= 4 is 22.9 Å². The van der Waals surface area contributed by atoms with Gasteiger partial charge in [-0.1, -0.05) is 42.5 Å². The first-order chi connectivity index (χ1) is 15.7. The van der Waals surface area contributed by atoms with Gasteiger partial charge in [-0.25, -0.2) is 4.98 Å². The van der Waals surface area contributed by atoms with Crippen LogP contribution < -0.4 is 5.32 Å². The van der Waals surface area contributed by atoms with Gasteiger partial charge in [-0.2, -0.15) is 39.5 Å². The molecule has 0 spiro atoms. The second-order valence-corrected chi connectivity index (χ2v) is 7.39. The van der Waals surface area contributed by atoms with Gasteiger partial charge in [0.25, 0.3) is 0 Å². The highest BCUT2D eigenvalue weighted by atomic mass is 19.4. The normalized spacial score (nSPS) is 23.2. The predicted octanol–water partition coefficient (Wildman–Crippen LogP) is 5.22. The lowest BCUT2D eigenvalue weighted by atomic mass is 9.99. The number of fused-ring (bicyclic) bond motifs is 1. The highest BCUT2D eigenvalue weighted by Crippen LogP contribution is 2.64. The molecule has 14 heteroatoms. The average molecular weight is 497 g/mol. The smallest absolute Gasteiger partial charge is 0.305 e. The molecule has 1 aliphatic heterocycles. The lowest BCUT2D eigenvalue weighted by Crippen LogP contribution is -2.63. The minimum Gasteiger partial charge on any atom is -0.305 e. The number of anilines is 1. The summed E-state index contributed by atoms with van der Waals surface area (Å²) in [6, 6.07) is 14.1. The number of nitrogens with one attached hydrogen (secondary N) is 1. The van der Waals surface area contributed by atoms with Crippen LogP contribution in [0.5, 0.6) is 0 Å². The number of amides is 1. The monoisotopic (exact) mass is 497 g/mol. The molecule has 0 bridgehead atoms. The Morgan fingerprint density at radius 3 is 2.09 bits per heavy atom. The molecule has 1 saturated heterocycles. The molecule has 0 unspecified atom stereocenters. The lowest BCUT2D eigenvalue weighted by molar-refractivity contribution is -0.366. The van der Waals surface area contributed by atoms with E-state index in [4.69, 9.17) is 0 Å². The number of carbonyl (C=O) groups is 1. The van der Waals surface area contributed by atoms with E-state index in [0.29, 0.717) is 5.56 Å². The number of alkyl halides is 9. The fourth-order valence-electron chi connectivity index (χ4n) is 3.37. The Kier molecular flexibility index (Phi) is 5.16. The molecule has 1 aliphatic rings. The third-order valence-corrected chi connectivity index (χ3v) is 5.18. The van der Waals surface area contributed by atoms with Crippen molar-refractivity contribution in [3.05, 3.63) is 60.2 Å². The second-order valence-electron chi connectivity index (χ2n) is 7.39. The fraction of sp³-hybridized carbons (Fsp3) is 0.300. The molecule has 0 radical (unpaired) electrons. The number of hydrogen-bond acceptors (Lipinski definition) is 3. The Labute approximate surface area is 184 Å². The molecule has 2 aromatic carbocycles. The van der Waals surface area contributed by atoms with Gasteiger partial charge in [0.05, 0.1) is 17.6 Å². The molecule has 1 fully saturated rings. The van der Waals surface area contributed by atoms with Crippen LogP contribution in [0.1, 0.15) is 5.56 Å². The summed E-state index contributed by atoms with van der Waals surface area (Å²) in [6.45, 7) is -0.105. The van der Waals surface area contributed by atoms with Gasteiger partial charge in [0.1, 0.15) is 0 Å². The van der Waals surface area contributed by atoms with Gasteiger partial charge >= 0.3 is 35.6 Å². The maximum atomic E-state index is 14.5. The molecular formula is C20H12F9N3O2. The Hall–Kier alpha value is -3.29. The number of ether oxygens (including phenoxy) is 1. The summed E-state index contributed by atoms with van der Waals surface area (Å²) < 4.78 is 128. The van der Waals surface area contributed by atoms with E-state index in [-0.39, 0.29) is 17.6 Å². The number of aromatic nitrogens is 2. The number of imidazole rings is 1. The van der Waals surface area contributed by atoms with E-state index in [1.54, 1.807) is 30.3 Å². The Morgan fingerprint density at radius 2 is 1.50 bits per heavy atom. The summed E-state index contributed by atoms with van der Waals surface area (Å²) in [5.74, 6) is -29.7. The van der Waals surface area contributed by atoms with Crippen molar-refractivity contribution in [2.75, 3.05) is 5.32 Å². The summed E-state index contributed by atoms with van der Waals surface area (Å²) >= 11 is 0. The van der Waals surface area contributed by atoms with Gasteiger partial charge < -0.3 is 4.57 Å². The molecule has 5 nitrogen and oxygen atoms in total. The van der Waals surface area contributed by atoms with Gasteiger partial charge in [-0.05, 0) is 17.7 Å². The quantitative estimate of drug-likeness (QED) is 0.492. The van der Waals surface area contributed by atoms with Crippen molar-refractivity contribution in [3.63, 3.8) is 0 Å². The van der Waals surface area contributed by atoms with Crippen LogP contribution in [0.15, 0.2) is 54.6 Å². The summed E-state index contributed by atoms with van der Waals surface area (Å²) in [5, 5.41) is 1.37. The summed E-state index contributed by atoms with van der Waals surface area (Å²) in [5.41, 5.74) is 0.966. The zero-order valence-corrected chi connectivity index (χ0v) is 16.5. The molecular weight excluding hydrogens is 485 g/mol. The molecule has 1 atom stereocenters. The van der Waals surface area contributed by atoms with E-state index in [9.17, 15) is 44.3 Å². The molecule has 34 heavy (non-hydrogen) atoms. The van der Waals surface area contributed by atoms with Crippen LogP contribution in [0.2, 0.25) is 0 Å². The van der Waals surface area contributed by atoms with Crippen molar-refractivity contribution in [1.82, 2.24) is 9.55 Å². The minimum atomic E-state index is -6.77. The van der Waals surface area contributed by atoms with Gasteiger partial charge in [0.2, 0.25) is 5.95 Å². The van der Waals surface area contributed by atoms with E-state index < -0.39 is 41.6 Å². The molecule has 0 saturated carbocycles. The van der Waals surface area contributed by atoms with Crippen LogP contribution in [0.25, 0.3) is 11.0 Å². The zero-order valence-electron chi connectivity index (χ0n) is 16.5. The van der Waals surface area contributed by atoms with E-state index in [1.165, 1.54) is 29.6 Å². The van der Waals surface area contributed by atoms with E-state index in [0.717, 1.165) is 4.57 Å². The molecule has 1 aromatic heterocycles. The van der Waals surface area contributed by atoms with E-state index >= 15 is 0 Å². The number of carbonyl (C=O) groups excluding carboxylic acids is 1. The van der Waals surface area contributed by atoms with Crippen molar-refractivity contribution in [1.29, 1.82) is 0 Å². The van der Waals surface area contributed by atoms with Crippen LogP contribution in [0.3, 0.4) is 0 Å². The van der Waals surface area contributed by atoms with E-state index in [2.05, 4.69) is 9.72 Å². The van der Waals surface area contributed by atoms with Gasteiger partial charge in [-0.3, -0.25) is 14.8 Å². The number of rotatable bonds is 5. The highest BCUT2D eigenvalue weighted by molar-refractivity contribution is 5.97. The number of halogens is 9. The topological polar surface area (TPSA) is 56.2 Å². The van der Waals surface area contributed by atoms with Crippen molar-refractivity contribution < 1.29 is 49.0 Å². The Bertz CT molecular complexity index is 1250. The zero-order chi connectivity index (χ0) is 25.2. The molecule has 1 N–H and O–H groups in total. The second kappa shape index (κ2) is 7.35. The van der Waals surface area contributed by atoms with Crippen molar-refractivity contribution in [2.24, 2.45) is 0 Å². The third-order valence-electron chi connectivity index (χ3n) is 5.18. The van der Waals surface area contributed by atoms with Gasteiger partial charge in [0, 0.05) is 0 Å². The minimum absolute atomic E-state index is 0.105. The Morgan fingerprint density at radius 1 is 0.912 bits per heavy atom. The van der Waals surface area contributed by atoms with Gasteiger partial charge in [-0.15, -0.1) is 0 Å². The Balaban J connectivity index is 1.73. The first-order valence-electron chi connectivity index (χ1n) is 9.37. The number of benzene rings is 2. The highest BCUT2D eigenvalue weighted by Gasteiger charge is 2.96. The first-order valence-corrected chi connectivity index (χ1v) is 9.37. The third kappa shape index (κ3) is 3.15. The van der Waals surface area contributed by atoms with Crippen LogP contribution in [0.4, 0.5) is 45.5 Å². The lowest BCUT2D eigenvalue weighted by Gasteiger charge is -2.31. The summed E-state index contributed by atoms with van der Waals surface area (Å²) in [4.78, 5) is 16.0. The SMILES string of the molecule is O=C(Nc1nc2ccccc2n1Cc1ccccc1)C(F)(F)[C@]1(F)OC(F)(F)C(F)(F)C1(F)F. The van der Waals surface area contributed by atoms with Crippen LogP contribution in [0, 0.1) is 0 Å². The number of para-hydroxylation sites is 2. The standard InChI is InChI=1S/C20H12F9N3O2/c21-16(22,19(27)17(23,24)18(25,26)20(28,29)34-19)14(33)31-15-30-12-8-4-5-9-13(12)32(15)10-11-6-2-1-3-7-11/h1-9H,10H2,(H,30,31,33)/t19-/m0/s1. The molecule has 1 amide bonds. The van der Waals surface area contributed by atoms with Crippen LogP contribution in [-0.4, -0.2) is 45.2 Å². The first kappa shape index (κ1) is 23.9. The maximum absolute atomic E-state index is 14.5. The molecule has 182 valence electrons. The largest absolute Gasteiger partial charge is 0.428 e.